The molecular formula is C4H13N5. The van der Waals surface area contributed by atoms with Gasteiger partial charge >= 0.3 is 0 Å². The fourth-order valence-electron chi connectivity index (χ4n) is 0.727. The molecule has 0 aliphatic carbocycles. The Kier molecular flexibility index (Phi) is 1.19. The summed E-state index contributed by atoms with van der Waals surface area (Å²) in [6, 6.07) is 0. The van der Waals surface area contributed by atoms with Gasteiger partial charge in [0.15, 0.2) is 0 Å². The standard InChI is InChI=1S/C4H13N5/c1-6-5-7(2)9(4)8(6)3/h5H,1-4H3. The monoisotopic (exact) mass is 131 g/mol. The molecule has 0 spiro atoms. The lowest BCUT2D eigenvalue weighted by molar-refractivity contribution is 0.388. The molecule has 1 aromatic rings. The molecule has 0 fully saturated rings. The summed E-state index contributed by atoms with van der Waals surface area (Å²) in [6.45, 7) is 0. The molecule has 9 heavy (non-hydrogen) atoms. The number of aromatic amines is 1. The summed E-state index contributed by atoms with van der Waals surface area (Å²) >= 11 is 0. The van der Waals surface area contributed by atoms with Crippen LogP contribution in [0.15, 0.2) is 0 Å². The number of aromatic nitrogens is 5. The van der Waals surface area contributed by atoms with Gasteiger partial charge in [-0.25, -0.2) is 14.8 Å². The van der Waals surface area contributed by atoms with Gasteiger partial charge in [0.25, 0.3) is 0 Å². The van der Waals surface area contributed by atoms with Crippen LogP contribution in [-0.4, -0.2) is 24.4 Å². The number of rotatable bonds is 0. The molecule has 0 unspecified atom stereocenters. The highest BCUT2D eigenvalue weighted by atomic mass is 15.9. The third kappa shape index (κ3) is 0.778. The molecule has 0 saturated heterocycles. The Morgan fingerprint density at radius 3 is 1.22 bits per heavy atom. The smallest absolute Gasteiger partial charge is 0.0487 e. The lowest BCUT2D eigenvalue weighted by Crippen LogP contribution is -2.14. The minimum Gasteiger partial charge on any atom is -0.208 e. The van der Waals surface area contributed by atoms with Crippen molar-refractivity contribution in [1.29, 1.82) is 0 Å². The molecule has 0 radical (unpaired) electrons. The topological polar surface area (TPSA) is 35.5 Å². The molecule has 0 aromatic carbocycles. The zero-order chi connectivity index (χ0) is 7.02. The van der Waals surface area contributed by atoms with Crippen LogP contribution in [0.3, 0.4) is 0 Å². The fourth-order valence-corrected chi connectivity index (χ4v) is 0.727. The van der Waals surface area contributed by atoms with Gasteiger partial charge in [-0.15, -0.1) is 0 Å². The highest BCUT2D eigenvalue weighted by Crippen LogP contribution is 1.76. The van der Waals surface area contributed by atoms with Gasteiger partial charge in [0.2, 0.25) is 0 Å². The molecule has 0 bridgehead atoms. The van der Waals surface area contributed by atoms with Crippen LogP contribution in [0.1, 0.15) is 0 Å². The van der Waals surface area contributed by atoms with Gasteiger partial charge in [0.05, 0.1) is 0 Å². The molecule has 54 valence electrons. The highest BCUT2D eigenvalue weighted by Gasteiger charge is 1.90. The second-order valence-electron chi connectivity index (χ2n) is 2.13. The molecule has 5 nitrogen and oxygen atoms in total. The molecule has 1 rings (SSSR count). The number of hydrogen-bond acceptors (Lipinski definition) is 0. The van der Waals surface area contributed by atoms with Crippen molar-refractivity contribution in [3.05, 3.63) is 0 Å². The second kappa shape index (κ2) is 1.75. The Morgan fingerprint density at radius 2 is 1.11 bits per heavy atom. The van der Waals surface area contributed by atoms with Crippen LogP contribution in [0.2, 0.25) is 0 Å². The molecule has 1 aromatic heterocycles. The maximum absolute atomic E-state index is 3.03. The van der Waals surface area contributed by atoms with Crippen LogP contribution in [0.25, 0.3) is 0 Å². The number of aryl methyl sites for hydroxylation is 2. The van der Waals surface area contributed by atoms with Gasteiger partial charge in [0.1, 0.15) is 0 Å². The van der Waals surface area contributed by atoms with Crippen LogP contribution in [0.4, 0.5) is 0 Å². The zero-order valence-electron chi connectivity index (χ0n) is 6.29. The molecule has 1 N–H and O–H groups in total. The van der Waals surface area contributed by atoms with Crippen molar-refractivity contribution in [2.24, 2.45) is 28.2 Å². The molecule has 1 heterocycles. The van der Waals surface area contributed by atoms with E-state index in [4.69, 9.17) is 0 Å². The Morgan fingerprint density at radius 1 is 0.778 bits per heavy atom. The minimum absolute atomic E-state index is 1.88. The van der Waals surface area contributed by atoms with Gasteiger partial charge in [-0.05, 0) is 0 Å². The van der Waals surface area contributed by atoms with Crippen molar-refractivity contribution in [3.8, 4) is 0 Å². The molecule has 0 saturated carbocycles. The molecule has 0 aliphatic rings. The summed E-state index contributed by atoms with van der Waals surface area (Å²) in [5, 5.41) is 3.03. The van der Waals surface area contributed by atoms with E-state index in [1.165, 1.54) is 0 Å². The van der Waals surface area contributed by atoms with Crippen molar-refractivity contribution in [2.75, 3.05) is 0 Å². The maximum atomic E-state index is 3.03. The summed E-state index contributed by atoms with van der Waals surface area (Å²) in [4.78, 5) is 7.64. The first-order chi connectivity index (χ1) is 4.13. The Labute approximate surface area is 53.7 Å². The first-order valence-electron chi connectivity index (χ1n) is 2.84. The van der Waals surface area contributed by atoms with Crippen LogP contribution >= 0.6 is 0 Å². The van der Waals surface area contributed by atoms with E-state index < -0.39 is 0 Å². The lowest BCUT2D eigenvalue weighted by Gasteiger charge is -2.01. The van der Waals surface area contributed by atoms with Gasteiger partial charge in [-0.1, -0.05) is 0 Å². The first-order valence-corrected chi connectivity index (χ1v) is 2.84. The average Bonchev–Trinajstić information content (AvgIpc) is 1.98. The van der Waals surface area contributed by atoms with E-state index in [0.29, 0.717) is 0 Å². The van der Waals surface area contributed by atoms with Gasteiger partial charge in [0, 0.05) is 28.2 Å². The van der Waals surface area contributed by atoms with Gasteiger partial charge < -0.3 is 0 Å². The third-order valence-electron chi connectivity index (χ3n) is 1.58. The lowest BCUT2D eigenvalue weighted by atomic mass is 11.3. The van der Waals surface area contributed by atoms with E-state index in [1.807, 2.05) is 47.4 Å². The van der Waals surface area contributed by atoms with Crippen molar-refractivity contribution in [1.82, 2.24) is 24.4 Å². The van der Waals surface area contributed by atoms with Crippen molar-refractivity contribution in [3.63, 3.8) is 0 Å². The predicted molar refractivity (Wildman–Crippen MR) is 34.3 cm³/mol. The number of nitrogens with one attached hydrogen (secondary N) is 1. The minimum atomic E-state index is 1.88. The maximum Gasteiger partial charge on any atom is 0.0487 e. The average molecular weight is 131 g/mol. The zero-order valence-corrected chi connectivity index (χ0v) is 6.29. The number of hydrogen-bond donors (Lipinski definition) is 1. The molecule has 0 amide bonds. The summed E-state index contributed by atoms with van der Waals surface area (Å²) in [5.41, 5.74) is 0. The van der Waals surface area contributed by atoms with Crippen LogP contribution in [0, 0.1) is 0 Å². The summed E-state index contributed by atoms with van der Waals surface area (Å²) in [6.07, 6.45) is 0. The van der Waals surface area contributed by atoms with Crippen molar-refractivity contribution < 1.29 is 0 Å². The van der Waals surface area contributed by atoms with E-state index >= 15 is 0 Å². The van der Waals surface area contributed by atoms with E-state index in [1.54, 1.807) is 0 Å². The summed E-state index contributed by atoms with van der Waals surface area (Å²) in [7, 11) is 7.83. The van der Waals surface area contributed by atoms with Crippen LogP contribution < -0.4 is 0 Å². The molecular weight excluding hydrogens is 118 g/mol. The Hall–Kier alpha value is -1.00. The van der Waals surface area contributed by atoms with Crippen LogP contribution in [-0.2, 0) is 28.2 Å². The Bertz CT molecular complexity index is 203. The highest BCUT2D eigenvalue weighted by molar-refractivity contribution is 4.29. The molecule has 5 heteroatoms. The second-order valence-corrected chi connectivity index (χ2v) is 2.13. The fraction of sp³-hybridized carbons (Fsp3) is 1.00. The number of H-pyrrole nitrogens is 1. The molecule has 0 aliphatic heterocycles. The van der Waals surface area contributed by atoms with E-state index in [0.717, 1.165) is 0 Å². The molecule has 0 atom stereocenters. The van der Waals surface area contributed by atoms with Crippen molar-refractivity contribution >= 4 is 0 Å². The SMILES string of the molecule is Cn1[nH]n(C)n(C)n1C. The van der Waals surface area contributed by atoms with E-state index in [-0.39, 0.29) is 0 Å². The summed E-state index contributed by atoms with van der Waals surface area (Å²) < 4.78 is 0. The normalized spacial score (nSPS) is 10.2. The first kappa shape index (κ1) is 6.12. The van der Waals surface area contributed by atoms with Crippen molar-refractivity contribution in [2.45, 2.75) is 0 Å². The van der Waals surface area contributed by atoms with Gasteiger partial charge in [-0.2, -0.15) is 9.59 Å². The van der Waals surface area contributed by atoms with Crippen LogP contribution in [0.5, 0.6) is 0 Å². The predicted octanol–water partition coefficient (Wildman–Crippen LogP) is -0.507. The Balaban J connectivity index is 3.29. The quantitative estimate of drug-likeness (QED) is 0.492. The largest absolute Gasteiger partial charge is 0.208 e. The van der Waals surface area contributed by atoms with E-state index in [2.05, 4.69) is 5.21 Å². The summed E-state index contributed by atoms with van der Waals surface area (Å²) in [5.74, 6) is 0. The number of nitrogens with zero attached hydrogens (tertiary/aromatic N) is 4. The third-order valence-corrected chi connectivity index (χ3v) is 1.58. The van der Waals surface area contributed by atoms with Gasteiger partial charge in [-0.3, -0.25) is 0 Å². The van der Waals surface area contributed by atoms with E-state index in [9.17, 15) is 0 Å².